The van der Waals surface area contributed by atoms with Crippen molar-refractivity contribution in [2.75, 3.05) is 37.5 Å². The molecule has 0 atom stereocenters. The Morgan fingerprint density at radius 1 is 1.08 bits per heavy atom. The van der Waals surface area contributed by atoms with Crippen LogP contribution in [0.3, 0.4) is 0 Å². The van der Waals surface area contributed by atoms with Crippen molar-refractivity contribution in [2.45, 2.75) is 30.5 Å². The van der Waals surface area contributed by atoms with Gasteiger partial charge in [-0.15, -0.1) is 0 Å². The van der Waals surface area contributed by atoms with Crippen LogP contribution in [-0.2, 0) is 21.7 Å². The number of amides is 1. The summed E-state index contributed by atoms with van der Waals surface area (Å²) in [5.41, 5.74) is 0.143. The van der Waals surface area contributed by atoms with Gasteiger partial charge in [-0.25, -0.2) is 0 Å². The van der Waals surface area contributed by atoms with Crippen molar-refractivity contribution in [1.29, 1.82) is 0 Å². The molecule has 1 amide bonds. The van der Waals surface area contributed by atoms with Crippen molar-refractivity contribution in [1.82, 2.24) is 20.3 Å². The topological polar surface area (TPSA) is 92.3 Å². The Labute approximate surface area is 217 Å². The Morgan fingerprint density at radius 2 is 1.78 bits per heavy atom. The van der Waals surface area contributed by atoms with Crippen LogP contribution in [0.15, 0.2) is 53.4 Å². The van der Waals surface area contributed by atoms with E-state index in [0.717, 1.165) is 16.5 Å². The molecule has 0 saturated carbocycles. The fraction of sp³-hybridized carbons (Fsp3) is 0.360. The van der Waals surface area contributed by atoms with Gasteiger partial charge in [0, 0.05) is 55.1 Å². The smallest absolute Gasteiger partial charge is 0.357 e. The molecule has 1 aromatic heterocycles. The summed E-state index contributed by atoms with van der Waals surface area (Å²) < 4.78 is 44.8. The molecule has 0 unspecified atom stereocenters. The lowest BCUT2D eigenvalue weighted by atomic mass is 9.96. The van der Waals surface area contributed by atoms with Gasteiger partial charge in [0.15, 0.2) is 5.82 Å². The zero-order valence-electron chi connectivity index (χ0n) is 20.4. The minimum absolute atomic E-state index is 0.0481. The van der Waals surface area contributed by atoms with Crippen molar-refractivity contribution in [3.8, 4) is 11.4 Å². The maximum absolute atomic E-state index is 13.2. The number of hydrogen-bond donors (Lipinski definition) is 2. The summed E-state index contributed by atoms with van der Waals surface area (Å²) >= 11 is 1.26. The third-order valence-electron chi connectivity index (χ3n) is 6.06. The van der Waals surface area contributed by atoms with Gasteiger partial charge in [-0.05, 0) is 48.7 Å². The predicted octanol–water partition coefficient (Wildman–Crippen LogP) is 4.79. The molecule has 2 aromatic carbocycles. The lowest BCUT2D eigenvalue weighted by Gasteiger charge is -2.31. The Morgan fingerprint density at radius 3 is 2.43 bits per heavy atom. The number of carbonyl (C=O) groups excluding carboxylic acids is 1. The summed E-state index contributed by atoms with van der Waals surface area (Å²) in [6, 6.07) is 12.9. The lowest BCUT2D eigenvalue weighted by Crippen LogP contribution is -2.41. The third kappa shape index (κ3) is 6.69. The van der Waals surface area contributed by atoms with E-state index in [9.17, 15) is 18.0 Å². The highest BCUT2D eigenvalue weighted by atomic mass is 32.2. The second-order valence-electron chi connectivity index (χ2n) is 8.44. The highest BCUT2D eigenvalue weighted by molar-refractivity contribution is 7.94. The molecule has 2 heterocycles. The first-order valence-electron chi connectivity index (χ1n) is 11.7. The van der Waals surface area contributed by atoms with Crippen molar-refractivity contribution in [3.05, 3.63) is 59.7 Å². The molecule has 0 radical (unpaired) electrons. The van der Waals surface area contributed by atoms with Crippen molar-refractivity contribution < 1.29 is 22.1 Å². The van der Waals surface area contributed by atoms with E-state index >= 15 is 0 Å². The van der Waals surface area contributed by atoms with Crippen LogP contribution in [0, 0.1) is 5.92 Å². The minimum Gasteiger partial charge on any atom is -0.357 e. The lowest BCUT2D eigenvalue weighted by molar-refractivity contribution is -0.138. The number of benzene rings is 2. The molecule has 37 heavy (non-hydrogen) atoms. The molecule has 1 saturated heterocycles. The van der Waals surface area contributed by atoms with Gasteiger partial charge in [-0.1, -0.05) is 18.2 Å². The number of nitrogens with zero attached hydrogens (tertiary/aromatic N) is 4. The highest BCUT2D eigenvalue weighted by Gasteiger charge is 2.33. The molecule has 3 aromatic rings. The first kappa shape index (κ1) is 26.7. The van der Waals surface area contributed by atoms with Crippen LogP contribution in [0.5, 0.6) is 0 Å². The summed E-state index contributed by atoms with van der Waals surface area (Å²) in [7, 11) is 3.34. The Hall–Kier alpha value is -3.38. The summed E-state index contributed by atoms with van der Waals surface area (Å²) in [5, 5.41) is 5.64. The Kier molecular flexibility index (Phi) is 8.49. The monoisotopic (exact) mass is 532 g/mol. The zero-order chi connectivity index (χ0) is 26.4. The average Bonchev–Trinajstić information content (AvgIpc) is 2.91. The second-order valence-corrected chi connectivity index (χ2v) is 9.41. The number of halogens is 3. The number of alkyl halides is 3. The van der Waals surface area contributed by atoms with Gasteiger partial charge in [0.2, 0.25) is 17.8 Å². The number of hydrogen-bond acceptors (Lipinski definition) is 8. The molecular formula is C25H27F3N6O2S. The van der Waals surface area contributed by atoms with E-state index in [1.54, 1.807) is 14.2 Å². The van der Waals surface area contributed by atoms with Gasteiger partial charge in [-0.2, -0.15) is 28.1 Å². The summed E-state index contributed by atoms with van der Waals surface area (Å²) in [6.07, 6.45) is -3.40. The van der Waals surface area contributed by atoms with Crippen molar-refractivity contribution in [3.63, 3.8) is 0 Å². The Bertz CT molecular complexity index is 1220. The molecule has 1 fully saturated rings. The van der Waals surface area contributed by atoms with E-state index < -0.39 is 11.7 Å². The fourth-order valence-corrected chi connectivity index (χ4v) is 4.56. The van der Waals surface area contributed by atoms with Crippen LogP contribution in [0.4, 0.5) is 25.1 Å². The van der Waals surface area contributed by atoms with Crippen LogP contribution in [0.1, 0.15) is 24.0 Å². The number of rotatable bonds is 8. The van der Waals surface area contributed by atoms with E-state index in [1.165, 1.54) is 30.2 Å². The molecule has 196 valence electrons. The number of piperidine rings is 1. The average molecular weight is 533 g/mol. The molecular weight excluding hydrogens is 505 g/mol. The van der Waals surface area contributed by atoms with Gasteiger partial charge in [0.25, 0.3) is 0 Å². The molecule has 2 N–H and O–H groups in total. The first-order valence-corrected chi connectivity index (χ1v) is 12.5. The summed E-state index contributed by atoms with van der Waals surface area (Å²) in [6.45, 7) is 0.902. The number of anilines is 2. The molecule has 0 spiro atoms. The summed E-state index contributed by atoms with van der Waals surface area (Å²) in [4.78, 5) is 29.3. The van der Waals surface area contributed by atoms with Gasteiger partial charge < -0.3 is 19.7 Å². The van der Waals surface area contributed by atoms with Crippen molar-refractivity contribution in [2.24, 2.45) is 5.92 Å². The highest BCUT2D eigenvalue weighted by Crippen LogP contribution is 2.32. The quantitative estimate of drug-likeness (QED) is 0.401. The number of nitrogens with one attached hydrogen (secondary N) is 2. The van der Waals surface area contributed by atoms with E-state index in [1.807, 2.05) is 29.2 Å². The predicted molar refractivity (Wildman–Crippen MR) is 136 cm³/mol. The van der Waals surface area contributed by atoms with Crippen LogP contribution in [-0.4, -0.2) is 48.1 Å². The fourth-order valence-electron chi connectivity index (χ4n) is 4.12. The number of carbonyl (C=O) groups is 1. The van der Waals surface area contributed by atoms with Crippen LogP contribution < -0.4 is 15.5 Å². The van der Waals surface area contributed by atoms with E-state index in [4.69, 9.17) is 4.18 Å². The van der Waals surface area contributed by atoms with Crippen molar-refractivity contribution >= 4 is 29.8 Å². The van der Waals surface area contributed by atoms with E-state index in [0.29, 0.717) is 43.7 Å². The summed E-state index contributed by atoms with van der Waals surface area (Å²) in [5.74, 6) is 0.899. The molecule has 0 aliphatic carbocycles. The van der Waals surface area contributed by atoms with Gasteiger partial charge in [-0.3, -0.25) is 4.79 Å². The first-order chi connectivity index (χ1) is 17.8. The molecule has 12 heteroatoms. The van der Waals surface area contributed by atoms with Gasteiger partial charge in [0.1, 0.15) is 0 Å². The van der Waals surface area contributed by atoms with Crippen LogP contribution in [0.25, 0.3) is 11.4 Å². The maximum atomic E-state index is 13.2. The minimum atomic E-state index is -4.47. The third-order valence-corrected chi connectivity index (χ3v) is 6.69. The largest absolute Gasteiger partial charge is 0.416 e. The molecule has 1 aliphatic rings. The standard InChI is InChI=1S/C25H27F3N6O2S/c1-29-23-31-21(16-7-9-19(10-8-16)37-36-2)32-24(33-23)34-13-11-17(12-14-34)22(35)30-15-18-5-3-4-6-20(18)25(26,27)28/h3-10,17H,11-15H2,1-2H3,(H,30,35)(H,29,31,32,33). The van der Waals surface area contributed by atoms with Crippen LogP contribution >= 0.6 is 12.0 Å². The number of aromatic nitrogens is 3. The molecule has 4 rings (SSSR count). The van der Waals surface area contributed by atoms with Gasteiger partial charge in [0.05, 0.1) is 12.7 Å². The SMILES string of the molecule is CNc1nc(-c2ccc(SOC)cc2)nc(N2CCC(C(=O)NCc3ccccc3C(F)(F)F)CC2)n1. The normalized spacial score (nSPS) is 14.5. The van der Waals surface area contributed by atoms with E-state index in [-0.39, 0.29) is 23.9 Å². The zero-order valence-corrected chi connectivity index (χ0v) is 21.2. The second kappa shape index (κ2) is 11.8. The molecule has 8 nitrogen and oxygen atoms in total. The van der Waals surface area contributed by atoms with E-state index in [2.05, 4.69) is 25.6 Å². The maximum Gasteiger partial charge on any atom is 0.416 e. The van der Waals surface area contributed by atoms with Crippen LogP contribution in [0.2, 0.25) is 0 Å². The molecule has 0 bridgehead atoms. The molecule has 1 aliphatic heterocycles. The Balaban J connectivity index is 1.39. The van der Waals surface area contributed by atoms with Gasteiger partial charge >= 0.3 is 6.18 Å².